The highest BCUT2D eigenvalue weighted by Gasteiger charge is 2.10. The quantitative estimate of drug-likeness (QED) is 0.415. The van der Waals surface area contributed by atoms with Gasteiger partial charge >= 0.3 is 0 Å². The number of aromatic nitrogens is 2. The predicted octanol–water partition coefficient (Wildman–Crippen LogP) is 5.96. The molecule has 0 aliphatic heterocycles. The number of hydrogen-bond donors (Lipinski definition) is 2. The van der Waals surface area contributed by atoms with Gasteiger partial charge in [0, 0.05) is 17.0 Å². The lowest BCUT2D eigenvalue weighted by Gasteiger charge is -2.14. The molecule has 0 radical (unpaired) electrons. The van der Waals surface area contributed by atoms with Crippen LogP contribution >= 0.6 is 11.6 Å². The number of halogens is 1. The fourth-order valence-corrected chi connectivity index (χ4v) is 3.23. The highest BCUT2D eigenvalue weighted by molar-refractivity contribution is 6.31. The van der Waals surface area contributed by atoms with E-state index in [1.807, 2.05) is 30.3 Å². The summed E-state index contributed by atoms with van der Waals surface area (Å²) in [6, 6.07) is 21.7. The van der Waals surface area contributed by atoms with Crippen LogP contribution in [0.4, 0.5) is 17.5 Å². The lowest BCUT2D eigenvalue weighted by atomic mass is 10.1. The Morgan fingerprint density at radius 1 is 0.966 bits per heavy atom. The molecule has 0 saturated carbocycles. The van der Waals surface area contributed by atoms with Crippen molar-refractivity contribution in [1.29, 1.82) is 0 Å². The van der Waals surface area contributed by atoms with Crippen LogP contribution in [0.2, 0.25) is 5.02 Å². The number of fused-ring (bicyclic) bond motifs is 1. The van der Waals surface area contributed by atoms with Crippen molar-refractivity contribution in [3.05, 3.63) is 82.9 Å². The van der Waals surface area contributed by atoms with Gasteiger partial charge in [0.05, 0.1) is 18.3 Å². The Hall–Kier alpha value is -3.31. The largest absolute Gasteiger partial charge is 0.495 e. The number of hydrogen-bond acceptors (Lipinski definition) is 5. The first kappa shape index (κ1) is 19.0. The number of nitrogens with one attached hydrogen (secondary N) is 2. The van der Waals surface area contributed by atoms with Crippen LogP contribution in [0.5, 0.6) is 5.75 Å². The van der Waals surface area contributed by atoms with Gasteiger partial charge in [-0.15, -0.1) is 0 Å². The minimum atomic E-state index is 0.468. The molecule has 146 valence electrons. The van der Waals surface area contributed by atoms with Crippen molar-refractivity contribution >= 4 is 40.0 Å². The summed E-state index contributed by atoms with van der Waals surface area (Å²) in [6.07, 6.45) is 0. The van der Waals surface area contributed by atoms with E-state index in [0.717, 1.165) is 16.7 Å². The molecule has 0 aliphatic carbocycles. The van der Waals surface area contributed by atoms with Gasteiger partial charge in [-0.3, -0.25) is 0 Å². The smallest absolute Gasteiger partial charge is 0.229 e. The first-order valence-electron chi connectivity index (χ1n) is 9.29. The van der Waals surface area contributed by atoms with Gasteiger partial charge in [0.25, 0.3) is 0 Å². The molecule has 0 bridgehead atoms. The van der Waals surface area contributed by atoms with Crippen LogP contribution in [-0.2, 0) is 6.54 Å². The molecule has 29 heavy (non-hydrogen) atoms. The number of nitrogens with zero attached hydrogens (tertiary/aromatic N) is 2. The Morgan fingerprint density at radius 2 is 1.76 bits per heavy atom. The molecule has 2 N–H and O–H groups in total. The average Bonchev–Trinajstić information content (AvgIpc) is 2.73. The molecule has 5 nitrogen and oxygen atoms in total. The van der Waals surface area contributed by atoms with E-state index >= 15 is 0 Å². The van der Waals surface area contributed by atoms with Crippen LogP contribution in [0.1, 0.15) is 11.1 Å². The summed E-state index contributed by atoms with van der Waals surface area (Å²) in [7, 11) is 1.62. The lowest BCUT2D eigenvalue weighted by Crippen LogP contribution is -2.06. The second-order valence-corrected chi connectivity index (χ2v) is 7.16. The van der Waals surface area contributed by atoms with Gasteiger partial charge in [-0.1, -0.05) is 53.6 Å². The van der Waals surface area contributed by atoms with Crippen LogP contribution in [0.25, 0.3) is 10.9 Å². The van der Waals surface area contributed by atoms with E-state index in [2.05, 4.69) is 46.8 Å². The molecule has 0 atom stereocenters. The van der Waals surface area contributed by atoms with E-state index in [9.17, 15) is 0 Å². The summed E-state index contributed by atoms with van der Waals surface area (Å²) in [5.41, 5.74) is 3.98. The number of aryl methyl sites for hydroxylation is 1. The van der Waals surface area contributed by atoms with Gasteiger partial charge < -0.3 is 15.4 Å². The first-order valence-corrected chi connectivity index (χ1v) is 9.67. The van der Waals surface area contributed by atoms with E-state index in [1.165, 1.54) is 11.1 Å². The Kier molecular flexibility index (Phi) is 5.49. The minimum absolute atomic E-state index is 0.468. The maximum absolute atomic E-state index is 6.15. The molecule has 1 heterocycles. The summed E-state index contributed by atoms with van der Waals surface area (Å²) in [6.45, 7) is 2.75. The second-order valence-electron chi connectivity index (χ2n) is 6.72. The van der Waals surface area contributed by atoms with E-state index in [4.69, 9.17) is 21.3 Å². The SMILES string of the molecule is COc1ccc(Cl)cc1Nc1nc(NCc2ccc(C)cc2)c2ccccc2n1. The number of rotatable bonds is 6. The molecular formula is C23H21ClN4O. The Bertz CT molecular complexity index is 1150. The highest BCUT2D eigenvalue weighted by Crippen LogP contribution is 2.31. The van der Waals surface area contributed by atoms with Crippen molar-refractivity contribution in [2.24, 2.45) is 0 Å². The summed E-state index contributed by atoms with van der Waals surface area (Å²) >= 11 is 6.15. The summed E-state index contributed by atoms with van der Waals surface area (Å²) in [5.74, 6) is 1.90. The van der Waals surface area contributed by atoms with Crippen molar-refractivity contribution in [2.45, 2.75) is 13.5 Å². The molecule has 3 aromatic carbocycles. The number of methoxy groups -OCH3 is 1. The molecule has 0 amide bonds. The minimum Gasteiger partial charge on any atom is -0.495 e. The third kappa shape index (κ3) is 4.41. The van der Waals surface area contributed by atoms with Crippen LogP contribution in [0.15, 0.2) is 66.7 Å². The lowest BCUT2D eigenvalue weighted by molar-refractivity contribution is 0.417. The van der Waals surface area contributed by atoms with Crippen molar-refractivity contribution in [2.75, 3.05) is 17.7 Å². The zero-order chi connectivity index (χ0) is 20.2. The monoisotopic (exact) mass is 404 g/mol. The van der Waals surface area contributed by atoms with Gasteiger partial charge in [0.2, 0.25) is 5.95 Å². The highest BCUT2D eigenvalue weighted by atomic mass is 35.5. The van der Waals surface area contributed by atoms with E-state index in [0.29, 0.717) is 29.0 Å². The molecular weight excluding hydrogens is 384 g/mol. The van der Waals surface area contributed by atoms with Crippen LogP contribution in [0, 0.1) is 6.92 Å². The molecule has 1 aromatic heterocycles. The topological polar surface area (TPSA) is 59.1 Å². The normalized spacial score (nSPS) is 10.7. The van der Waals surface area contributed by atoms with Crippen molar-refractivity contribution in [3.8, 4) is 5.75 Å². The third-order valence-electron chi connectivity index (χ3n) is 4.59. The van der Waals surface area contributed by atoms with Gasteiger partial charge in [-0.05, 0) is 42.8 Å². The van der Waals surface area contributed by atoms with Crippen LogP contribution < -0.4 is 15.4 Å². The molecule has 6 heteroatoms. The van der Waals surface area contributed by atoms with Crippen LogP contribution in [0.3, 0.4) is 0 Å². The second kappa shape index (κ2) is 8.37. The van der Waals surface area contributed by atoms with E-state index in [-0.39, 0.29) is 0 Å². The third-order valence-corrected chi connectivity index (χ3v) is 4.83. The van der Waals surface area contributed by atoms with Gasteiger partial charge in [-0.2, -0.15) is 4.98 Å². The molecule has 0 unspecified atom stereocenters. The number of para-hydroxylation sites is 1. The summed E-state index contributed by atoms with van der Waals surface area (Å²) < 4.78 is 5.41. The van der Waals surface area contributed by atoms with E-state index in [1.54, 1.807) is 19.2 Å². The molecule has 0 aliphatic rings. The van der Waals surface area contributed by atoms with Gasteiger partial charge in [-0.25, -0.2) is 4.98 Å². The number of ether oxygens (including phenoxy) is 1. The van der Waals surface area contributed by atoms with Crippen LogP contribution in [-0.4, -0.2) is 17.1 Å². The zero-order valence-corrected chi connectivity index (χ0v) is 17.0. The maximum atomic E-state index is 6.15. The standard InChI is InChI=1S/C23H21ClN4O/c1-15-7-9-16(10-8-15)14-25-22-18-5-3-4-6-19(18)26-23(28-22)27-20-13-17(24)11-12-21(20)29-2/h3-13H,14H2,1-2H3,(H2,25,26,27,28). The number of anilines is 3. The Balaban J connectivity index is 1.67. The maximum Gasteiger partial charge on any atom is 0.229 e. The molecule has 0 spiro atoms. The zero-order valence-electron chi connectivity index (χ0n) is 16.2. The molecule has 4 aromatic rings. The van der Waals surface area contributed by atoms with Crippen molar-refractivity contribution < 1.29 is 4.74 Å². The predicted molar refractivity (Wildman–Crippen MR) is 119 cm³/mol. The van der Waals surface area contributed by atoms with Gasteiger partial charge in [0.1, 0.15) is 11.6 Å². The van der Waals surface area contributed by atoms with Crippen molar-refractivity contribution in [1.82, 2.24) is 9.97 Å². The first-order chi connectivity index (χ1) is 14.1. The molecule has 0 fully saturated rings. The van der Waals surface area contributed by atoms with Gasteiger partial charge in [0.15, 0.2) is 0 Å². The van der Waals surface area contributed by atoms with Crippen molar-refractivity contribution in [3.63, 3.8) is 0 Å². The molecule has 4 rings (SSSR count). The summed E-state index contributed by atoms with van der Waals surface area (Å²) in [5, 5.41) is 8.24. The Labute approximate surface area is 174 Å². The molecule has 0 saturated heterocycles. The summed E-state index contributed by atoms with van der Waals surface area (Å²) in [4.78, 5) is 9.34. The average molecular weight is 405 g/mol. The fraction of sp³-hybridized carbons (Fsp3) is 0.130. The Morgan fingerprint density at radius 3 is 2.55 bits per heavy atom. The fourth-order valence-electron chi connectivity index (χ4n) is 3.06. The number of benzene rings is 3. The van der Waals surface area contributed by atoms with E-state index < -0.39 is 0 Å².